The molecule has 99 heavy (non-hydrogen) atoms. The summed E-state index contributed by atoms with van der Waals surface area (Å²) in [5.41, 5.74) is 0. The molecule has 0 spiro atoms. The lowest BCUT2D eigenvalue weighted by atomic mass is 10.0. The van der Waals surface area contributed by atoms with Crippen LogP contribution in [0.25, 0.3) is 0 Å². The molecule has 0 aromatic rings. The molecular weight excluding hydrogens is 1220 g/mol. The molecule has 9 heteroatoms. The summed E-state index contributed by atoms with van der Waals surface area (Å²) in [4.78, 5) is 37.7. The topological polar surface area (TPSA) is 108 Å². The van der Waals surface area contributed by atoms with Crippen molar-refractivity contribution in [3.05, 3.63) is 219 Å². The number of carboxylic acid groups (broad SMARTS) is 1. The number of carbonyl (C=O) groups is 3. The van der Waals surface area contributed by atoms with Gasteiger partial charge >= 0.3 is 17.9 Å². The summed E-state index contributed by atoms with van der Waals surface area (Å²) in [6.07, 6.45) is 119. The highest BCUT2D eigenvalue weighted by molar-refractivity contribution is 5.71. The third kappa shape index (κ3) is 78.8. The summed E-state index contributed by atoms with van der Waals surface area (Å²) < 4.78 is 23.0. The first-order chi connectivity index (χ1) is 48.6. The molecule has 0 aliphatic rings. The number of carboxylic acids is 1. The lowest BCUT2D eigenvalue weighted by Gasteiger charge is -2.25. The van der Waals surface area contributed by atoms with Crippen molar-refractivity contribution in [2.45, 2.75) is 283 Å². The van der Waals surface area contributed by atoms with E-state index in [-0.39, 0.29) is 38.6 Å². The van der Waals surface area contributed by atoms with Crippen molar-refractivity contribution in [3.63, 3.8) is 0 Å². The van der Waals surface area contributed by atoms with Gasteiger partial charge in [-0.3, -0.25) is 9.59 Å². The molecule has 0 bridgehead atoms. The maximum Gasteiger partial charge on any atom is 0.361 e. The molecule has 554 valence electrons. The first-order valence-corrected chi connectivity index (χ1v) is 38.9. The number of allylic oxidation sites excluding steroid dienone is 36. The number of rotatable bonds is 69. The summed E-state index contributed by atoms with van der Waals surface area (Å²) in [6.45, 7) is 4.61. The van der Waals surface area contributed by atoms with Crippen LogP contribution in [0.5, 0.6) is 0 Å². The van der Waals surface area contributed by atoms with Crippen LogP contribution in [0.3, 0.4) is 0 Å². The number of esters is 2. The standard InChI is InChI=1S/C90H141NO8/c1-6-8-10-12-14-16-18-20-22-24-26-28-30-32-34-36-38-40-42-44-46-48-50-52-54-56-58-60-62-64-66-68-70-72-74-76-78-80-87(92)97-84-86(85-98-90(89(94)95)96-83-82-91(3,4)5)99-88(93)81-79-77-75-73-71-69-67-65-63-61-59-57-55-53-51-49-47-45-43-41-39-37-35-33-31-29-27-25-23-21-19-17-15-13-11-9-7-2/h8-11,14-17,20-23,26-29,32-35,38-41,44-47,50-53,57,59,63,65,86,90H,6-7,12-13,18-19,24-25,30-31,36-37,42-43,48-49,54-56,58,60-62,64,66-85H2,1-5H3/p+1/b10-8-,11-9-,16-14-,17-15-,22-20-,23-21-,28-26-,29-27-,34-32-,35-33-,40-38-,41-39-,46-44-,47-45-,52-50-,53-51-,59-57-,65-63-. The van der Waals surface area contributed by atoms with Crippen LogP contribution in [-0.2, 0) is 33.3 Å². The Hall–Kier alpha value is -6.39. The van der Waals surface area contributed by atoms with E-state index in [0.29, 0.717) is 17.4 Å². The molecule has 0 amide bonds. The van der Waals surface area contributed by atoms with E-state index in [9.17, 15) is 19.5 Å². The molecule has 0 heterocycles. The Morgan fingerprint density at radius 3 is 0.808 bits per heavy atom. The maximum absolute atomic E-state index is 13.0. The van der Waals surface area contributed by atoms with E-state index in [1.54, 1.807) is 0 Å². The number of carbonyl (C=O) groups excluding carboxylic acids is 2. The van der Waals surface area contributed by atoms with Crippen molar-refractivity contribution in [1.29, 1.82) is 0 Å². The fraction of sp³-hybridized carbons (Fsp3) is 0.567. The zero-order chi connectivity index (χ0) is 71.8. The fourth-order valence-corrected chi connectivity index (χ4v) is 9.88. The number of nitrogens with zero attached hydrogens (tertiary/aromatic N) is 1. The molecule has 0 saturated carbocycles. The Morgan fingerprint density at radius 2 is 0.545 bits per heavy atom. The van der Waals surface area contributed by atoms with Crippen LogP contribution in [0, 0.1) is 0 Å². The quantitative estimate of drug-likeness (QED) is 0.0211. The zero-order valence-electron chi connectivity index (χ0n) is 63.3. The van der Waals surface area contributed by atoms with Gasteiger partial charge in [-0.25, -0.2) is 4.79 Å². The molecular formula is C90H142NO8+. The second-order valence-corrected chi connectivity index (χ2v) is 26.2. The summed E-state index contributed by atoms with van der Waals surface area (Å²) >= 11 is 0. The number of ether oxygens (including phenoxy) is 4. The molecule has 9 nitrogen and oxygen atoms in total. The Labute approximate surface area is 607 Å². The van der Waals surface area contributed by atoms with Crippen molar-refractivity contribution < 1.29 is 42.9 Å². The predicted molar refractivity (Wildman–Crippen MR) is 428 cm³/mol. The normalized spacial score (nSPS) is 13.9. The molecule has 0 aromatic carbocycles. The molecule has 1 N–H and O–H groups in total. The summed E-state index contributed by atoms with van der Waals surface area (Å²) in [5, 5.41) is 9.77. The second-order valence-electron chi connectivity index (χ2n) is 26.2. The van der Waals surface area contributed by atoms with Gasteiger partial charge in [-0.1, -0.05) is 322 Å². The van der Waals surface area contributed by atoms with Crippen LogP contribution in [0.4, 0.5) is 0 Å². The Bertz CT molecular complexity index is 2440. The van der Waals surface area contributed by atoms with Gasteiger partial charge in [0.2, 0.25) is 0 Å². The van der Waals surface area contributed by atoms with E-state index in [1.807, 2.05) is 21.1 Å². The summed E-state index contributed by atoms with van der Waals surface area (Å²) in [6, 6.07) is 0. The third-order valence-corrected chi connectivity index (χ3v) is 15.7. The molecule has 0 aromatic heterocycles. The number of aliphatic carboxylic acids is 1. The van der Waals surface area contributed by atoms with E-state index in [2.05, 4.69) is 233 Å². The molecule has 0 aliphatic heterocycles. The molecule has 2 atom stereocenters. The SMILES string of the molecule is CC/C=C\C/C=C\C/C=C\C/C=C\C/C=C\C/C=C\C/C=C\C/C=C\C/C=C\C/C=C\CCCCCCCCC(=O)OC(COC(=O)CCCCCCCCCCCCCC/C=C\C/C=C\C/C=C\C/C=C\C/C=C\C/C=C\C/C=C\C/C=C\CC)COC(OCC[N+](C)(C)C)C(=O)O. The van der Waals surface area contributed by atoms with E-state index in [1.165, 1.54) is 64.2 Å². The Morgan fingerprint density at radius 1 is 0.303 bits per heavy atom. The van der Waals surface area contributed by atoms with E-state index in [0.717, 1.165) is 173 Å². The number of quaternary nitrogens is 1. The van der Waals surface area contributed by atoms with Crippen molar-refractivity contribution in [2.75, 3.05) is 47.5 Å². The molecule has 0 radical (unpaired) electrons. The average Bonchev–Trinajstić information content (AvgIpc) is 2.19. The van der Waals surface area contributed by atoms with Gasteiger partial charge in [-0.15, -0.1) is 0 Å². The van der Waals surface area contributed by atoms with Crippen LogP contribution >= 0.6 is 0 Å². The lowest BCUT2D eigenvalue weighted by molar-refractivity contribution is -0.870. The minimum absolute atomic E-state index is 0.173. The number of likely N-dealkylation sites (N-methyl/N-ethyl adjacent to an activating group) is 1. The van der Waals surface area contributed by atoms with Gasteiger partial charge < -0.3 is 28.5 Å². The molecule has 2 unspecified atom stereocenters. The van der Waals surface area contributed by atoms with Crippen molar-refractivity contribution in [2.24, 2.45) is 0 Å². The van der Waals surface area contributed by atoms with Gasteiger partial charge in [0.15, 0.2) is 6.10 Å². The Balaban J connectivity index is 4.19. The minimum Gasteiger partial charge on any atom is -0.477 e. The van der Waals surface area contributed by atoms with E-state index >= 15 is 0 Å². The highest BCUT2D eigenvalue weighted by atomic mass is 16.7. The summed E-state index contributed by atoms with van der Waals surface area (Å²) in [5.74, 6) is -2.05. The van der Waals surface area contributed by atoms with Gasteiger partial charge in [-0.2, -0.15) is 0 Å². The largest absolute Gasteiger partial charge is 0.477 e. The van der Waals surface area contributed by atoms with E-state index in [4.69, 9.17) is 18.9 Å². The molecule has 0 saturated heterocycles. The van der Waals surface area contributed by atoms with Crippen molar-refractivity contribution in [3.8, 4) is 0 Å². The van der Waals surface area contributed by atoms with Gasteiger partial charge in [0.05, 0.1) is 34.4 Å². The van der Waals surface area contributed by atoms with Crippen LogP contribution < -0.4 is 0 Å². The first kappa shape index (κ1) is 92.6. The minimum atomic E-state index is -1.53. The lowest BCUT2D eigenvalue weighted by Crippen LogP contribution is -2.40. The first-order valence-electron chi connectivity index (χ1n) is 38.9. The van der Waals surface area contributed by atoms with Crippen LogP contribution in [-0.4, -0.2) is 87.4 Å². The maximum atomic E-state index is 13.0. The summed E-state index contributed by atoms with van der Waals surface area (Å²) in [7, 11) is 5.96. The van der Waals surface area contributed by atoms with Crippen molar-refractivity contribution >= 4 is 17.9 Å². The smallest absolute Gasteiger partial charge is 0.361 e. The second kappa shape index (κ2) is 77.3. The monoisotopic (exact) mass is 1370 g/mol. The predicted octanol–water partition coefficient (Wildman–Crippen LogP) is 25.2. The third-order valence-electron chi connectivity index (χ3n) is 15.7. The fourth-order valence-electron chi connectivity index (χ4n) is 9.88. The van der Waals surface area contributed by atoms with Crippen LogP contribution in [0.2, 0.25) is 0 Å². The molecule has 0 fully saturated rings. The van der Waals surface area contributed by atoms with Gasteiger partial charge in [-0.05, 0) is 154 Å². The molecule has 0 aliphatic carbocycles. The van der Waals surface area contributed by atoms with Crippen LogP contribution in [0.1, 0.15) is 271 Å². The zero-order valence-corrected chi connectivity index (χ0v) is 63.3. The van der Waals surface area contributed by atoms with Gasteiger partial charge in [0.1, 0.15) is 13.2 Å². The number of hydrogen-bond acceptors (Lipinski definition) is 7. The highest BCUT2D eigenvalue weighted by Gasteiger charge is 2.25. The van der Waals surface area contributed by atoms with Crippen LogP contribution in [0.15, 0.2) is 219 Å². The van der Waals surface area contributed by atoms with E-state index < -0.39 is 24.3 Å². The Kier molecular flexibility index (Phi) is 72.4. The van der Waals surface area contributed by atoms with Gasteiger partial charge in [0.25, 0.3) is 6.29 Å². The molecule has 0 rings (SSSR count). The van der Waals surface area contributed by atoms with Gasteiger partial charge in [0, 0.05) is 12.8 Å². The number of hydrogen-bond donors (Lipinski definition) is 1. The number of unbranched alkanes of at least 4 members (excludes halogenated alkanes) is 18. The van der Waals surface area contributed by atoms with Crippen molar-refractivity contribution in [1.82, 2.24) is 0 Å². The highest BCUT2D eigenvalue weighted by Crippen LogP contribution is 2.16. The average molecular weight is 1370 g/mol.